The van der Waals surface area contributed by atoms with Crippen molar-refractivity contribution in [3.05, 3.63) is 58.3 Å². The van der Waals surface area contributed by atoms with Crippen molar-refractivity contribution in [2.45, 2.75) is 6.54 Å². The Morgan fingerprint density at radius 2 is 2.18 bits per heavy atom. The summed E-state index contributed by atoms with van der Waals surface area (Å²) >= 11 is 0. The van der Waals surface area contributed by atoms with Crippen molar-refractivity contribution in [3.63, 3.8) is 0 Å². The maximum atomic E-state index is 10.5. The van der Waals surface area contributed by atoms with Crippen LogP contribution in [0.2, 0.25) is 0 Å². The number of nitrogens with two attached hydrogens (primary N) is 1. The molecule has 0 fully saturated rings. The number of benzene rings is 1. The molecule has 0 saturated carbocycles. The van der Waals surface area contributed by atoms with Crippen LogP contribution in [0.3, 0.4) is 0 Å². The van der Waals surface area contributed by atoms with Crippen LogP contribution in [-0.4, -0.2) is 23.0 Å². The molecule has 0 aliphatic carbocycles. The second kappa shape index (κ2) is 7.02. The van der Waals surface area contributed by atoms with Crippen LogP contribution in [0.5, 0.6) is 5.75 Å². The Labute approximate surface area is 126 Å². The first-order valence-corrected chi connectivity index (χ1v) is 6.39. The van der Waals surface area contributed by atoms with E-state index in [0.29, 0.717) is 12.4 Å². The number of guanidine groups is 1. The highest BCUT2D eigenvalue weighted by atomic mass is 16.6. The number of hydrogen-bond donors (Lipinski definition) is 2. The number of nitrogens with one attached hydrogen (secondary N) is 1. The fourth-order valence-corrected chi connectivity index (χ4v) is 1.74. The lowest BCUT2D eigenvalue weighted by Gasteiger charge is -2.07. The van der Waals surface area contributed by atoms with E-state index in [0.717, 1.165) is 17.5 Å². The molecular formula is C14H15N5O3. The minimum absolute atomic E-state index is 0.0879. The van der Waals surface area contributed by atoms with Gasteiger partial charge in [0.25, 0.3) is 5.69 Å². The minimum Gasteiger partial charge on any atom is -0.496 e. The van der Waals surface area contributed by atoms with Crippen LogP contribution in [0.4, 0.5) is 11.5 Å². The van der Waals surface area contributed by atoms with Gasteiger partial charge in [-0.2, -0.15) is 0 Å². The molecular weight excluding hydrogens is 286 g/mol. The number of aromatic nitrogens is 1. The zero-order chi connectivity index (χ0) is 15.9. The summed E-state index contributed by atoms with van der Waals surface area (Å²) in [6.07, 6.45) is 1.15. The molecule has 3 N–H and O–H groups in total. The van der Waals surface area contributed by atoms with Gasteiger partial charge in [0.05, 0.1) is 18.6 Å². The molecule has 0 bridgehead atoms. The van der Waals surface area contributed by atoms with Crippen LogP contribution in [-0.2, 0) is 6.54 Å². The first-order valence-electron chi connectivity index (χ1n) is 6.39. The molecule has 8 nitrogen and oxygen atoms in total. The van der Waals surface area contributed by atoms with Crippen LogP contribution < -0.4 is 15.8 Å². The van der Waals surface area contributed by atoms with Gasteiger partial charge >= 0.3 is 0 Å². The van der Waals surface area contributed by atoms with Gasteiger partial charge in [-0.05, 0) is 12.1 Å². The third-order valence-electron chi connectivity index (χ3n) is 2.83. The van der Waals surface area contributed by atoms with E-state index >= 15 is 0 Å². The predicted molar refractivity (Wildman–Crippen MR) is 82.8 cm³/mol. The van der Waals surface area contributed by atoms with Crippen LogP contribution in [0, 0.1) is 10.1 Å². The molecule has 22 heavy (non-hydrogen) atoms. The zero-order valence-electron chi connectivity index (χ0n) is 11.9. The molecule has 0 amide bonds. The normalized spacial score (nSPS) is 11.0. The van der Waals surface area contributed by atoms with Gasteiger partial charge in [0.15, 0.2) is 5.96 Å². The van der Waals surface area contributed by atoms with Crippen LogP contribution in [0.15, 0.2) is 47.6 Å². The number of nitro groups is 1. The molecule has 8 heteroatoms. The molecule has 1 heterocycles. The number of ether oxygens (including phenoxy) is 1. The summed E-state index contributed by atoms with van der Waals surface area (Å²) in [4.78, 5) is 18.1. The predicted octanol–water partition coefficient (Wildman–Crippen LogP) is 1.93. The van der Waals surface area contributed by atoms with E-state index in [1.54, 1.807) is 7.11 Å². The molecule has 1 aromatic heterocycles. The Bertz CT molecular complexity index is 685. The molecule has 0 atom stereocenters. The van der Waals surface area contributed by atoms with E-state index in [9.17, 15) is 10.1 Å². The Morgan fingerprint density at radius 3 is 2.82 bits per heavy atom. The Hall–Kier alpha value is -3.16. The zero-order valence-corrected chi connectivity index (χ0v) is 11.9. The number of pyridine rings is 1. The van der Waals surface area contributed by atoms with Crippen molar-refractivity contribution < 1.29 is 9.66 Å². The Kier molecular flexibility index (Phi) is 4.86. The summed E-state index contributed by atoms with van der Waals surface area (Å²) in [7, 11) is 1.59. The second-order valence-electron chi connectivity index (χ2n) is 4.30. The number of aliphatic imine (C=N–C) groups is 1. The summed E-state index contributed by atoms with van der Waals surface area (Å²) < 4.78 is 5.22. The number of methoxy groups -OCH3 is 1. The van der Waals surface area contributed by atoms with E-state index in [1.807, 2.05) is 24.3 Å². The molecule has 0 aliphatic heterocycles. The van der Waals surface area contributed by atoms with E-state index in [-0.39, 0.29) is 11.6 Å². The summed E-state index contributed by atoms with van der Waals surface area (Å²) in [6.45, 7) is 0.343. The summed E-state index contributed by atoms with van der Waals surface area (Å²) in [5.74, 6) is 1.27. The number of para-hydroxylation sites is 1. The summed E-state index contributed by atoms with van der Waals surface area (Å²) in [6, 6.07) is 10.3. The van der Waals surface area contributed by atoms with Crippen LogP contribution >= 0.6 is 0 Å². The fourth-order valence-electron chi connectivity index (χ4n) is 1.74. The molecule has 1 aromatic carbocycles. The molecule has 0 aliphatic rings. The third kappa shape index (κ3) is 3.92. The van der Waals surface area contributed by atoms with E-state index < -0.39 is 4.92 Å². The molecule has 0 radical (unpaired) electrons. The minimum atomic E-state index is -0.518. The number of anilines is 1. The molecule has 114 valence electrons. The van der Waals surface area contributed by atoms with Gasteiger partial charge in [0, 0.05) is 11.6 Å². The highest BCUT2D eigenvalue weighted by Gasteiger charge is 2.06. The van der Waals surface area contributed by atoms with Crippen molar-refractivity contribution in [2.75, 3.05) is 12.4 Å². The number of nitrogens with zero attached hydrogens (tertiary/aromatic N) is 3. The van der Waals surface area contributed by atoms with Gasteiger partial charge in [-0.25, -0.2) is 9.98 Å². The lowest BCUT2D eigenvalue weighted by molar-refractivity contribution is -0.385. The monoisotopic (exact) mass is 301 g/mol. The molecule has 0 saturated heterocycles. The first-order chi connectivity index (χ1) is 10.6. The van der Waals surface area contributed by atoms with Crippen molar-refractivity contribution in [3.8, 4) is 5.75 Å². The maximum Gasteiger partial charge on any atom is 0.287 e. The Morgan fingerprint density at radius 1 is 1.41 bits per heavy atom. The average molecular weight is 301 g/mol. The molecule has 2 aromatic rings. The quantitative estimate of drug-likeness (QED) is 0.377. The first kappa shape index (κ1) is 15.2. The summed E-state index contributed by atoms with van der Waals surface area (Å²) in [5.41, 5.74) is 6.57. The second-order valence-corrected chi connectivity index (χ2v) is 4.30. The third-order valence-corrected chi connectivity index (χ3v) is 2.83. The largest absolute Gasteiger partial charge is 0.496 e. The number of rotatable bonds is 5. The lowest BCUT2D eigenvalue weighted by atomic mass is 10.2. The highest BCUT2D eigenvalue weighted by molar-refractivity contribution is 5.91. The van der Waals surface area contributed by atoms with Gasteiger partial charge in [-0.3, -0.25) is 10.1 Å². The SMILES string of the molecule is COc1ccccc1CN=C(N)Nc1ccc([N+](=O)[O-])cn1. The van der Waals surface area contributed by atoms with Crippen molar-refractivity contribution in [2.24, 2.45) is 10.7 Å². The van der Waals surface area contributed by atoms with Crippen molar-refractivity contribution in [1.82, 2.24) is 4.98 Å². The summed E-state index contributed by atoms with van der Waals surface area (Å²) in [5, 5.41) is 13.3. The van der Waals surface area contributed by atoms with Gasteiger partial charge in [-0.15, -0.1) is 0 Å². The van der Waals surface area contributed by atoms with E-state index in [1.165, 1.54) is 12.1 Å². The topological polar surface area (TPSA) is 116 Å². The van der Waals surface area contributed by atoms with Gasteiger partial charge in [0.1, 0.15) is 17.8 Å². The van der Waals surface area contributed by atoms with Gasteiger partial charge < -0.3 is 15.8 Å². The maximum absolute atomic E-state index is 10.5. The molecule has 0 spiro atoms. The Balaban J connectivity index is 2.02. The van der Waals surface area contributed by atoms with Crippen molar-refractivity contribution in [1.29, 1.82) is 0 Å². The van der Waals surface area contributed by atoms with E-state index in [2.05, 4.69) is 15.3 Å². The highest BCUT2D eigenvalue weighted by Crippen LogP contribution is 2.18. The van der Waals surface area contributed by atoms with Crippen molar-refractivity contribution >= 4 is 17.5 Å². The molecule has 0 unspecified atom stereocenters. The van der Waals surface area contributed by atoms with Crippen LogP contribution in [0.1, 0.15) is 5.56 Å². The smallest absolute Gasteiger partial charge is 0.287 e. The van der Waals surface area contributed by atoms with Crippen LogP contribution in [0.25, 0.3) is 0 Å². The molecule has 2 rings (SSSR count). The average Bonchev–Trinajstić information content (AvgIpc) is 2.53. The van der Waals surface area contributed by atoms with E-state index in [4.69, 9.17) is 10.5 Å². The fraction of sp³-hybridized carbons (Fsp3) is 0.143. The van der Waals surface area contributed by atoms with Gasteiger partial charge in [0.2, 0.25) is 0 Å². The van der Waals surface area contributed by atoms with Gasteiger partial charge in [-0.1, -0.05) is 18.2 Å². The number of hydrogen-bond acceptors (Lipinski definition) is 5. The standard InChI is InChI=1S/C14H15N5O3/c1-22-12-5-3-2-4-10(12)8-17-14(15)18-13-7-6-11(9-16-13)19(20)21/h2-7,9H,8H2,1H3,(H3,15,16,17,18). The lowest BCUT2D eigenvalue weighted by Crippen LogP contribution is -2.23.